The lowest BCUT2D eigenvalue weighted by molar-refractivity contribution is 0.0659. The number of hydrogen-bond donors (Lipinski definition) is 0. The van der Waals surface area contributed by atoms with Gasteiger partial charge in [0.25, 0.3) is 21.8 Å². The molecule has 28 heavy (non-hydrogen) atoms. The van der Waals surface area contributed by atoms with Crippen LogP contribution in [0.1, 0.15) is 20.7 Å². The van der Waals surface area contributed by atoms with E-state index in [1.807, 2.05) is 0 Å². The van der Waals surface area contributed by atoms with Crippen LogP contribution in [0.5, 0.6) is 0 Å². The number of anilines is 1. The van der Waals surface area contributed by atoms with Gasteiger partial charge in [-0.2, -0.15) is 0 Å². The molecule has 2 amide bonds. The quantitative estimate of drug-likeness (QED) is 0.580. The van der Waals surface area contributed by atoms with Crippen LogP contribution in [0.4, 0.5) is 5.13 Å². The van der Waals surface area contributed by atoms with Gasteiger partial charge in [-0.1, -0.05) is 30.3 Å². The van der Waals surface area contributed by atoms with E-state index < -0.39 is 21.8 Å². The molecule has 142 valence electrons. The van der Waals surface area contributed by atoms with E-state index >= 15 is 0 Å². The number of thiazole rings is 1. The largest absolute Gasteiger partial charge is 0.273 e. The zero-order chi connectivity index (χ0) is 19.7. The maximum absolute atomic E-state index is 13.1. The summed E-state index contributed by atoms with van der Waals surface area (Å²) in [5.74, 6) is -0.839. The lowest BCUT2D eigenvalue weighted by Crippen LogP contribution is -2.41. The van der Waals surface area contributed by atoms with Crippen molar-refractivity contribution in [2.45, 2.75) is 4.90 Å². The third-order valence-electron chi connectivity index (χ3n) is 4.37. The van der Waals surface area contributed by atoms with Crippen LogP contribution in [0, 0.1) is 0 Å². The Kier molecular flexibility index (Phi) is 4.70. The van der Waals surface area contributed by atoms with E-state index in [0.29, 0.717) is 11.1 Å². The first-order valence-corrected chi connectivity index (χ1v) is 10.7. The first kappa shape index (κ1) is 18.3. The van der Waals surface area contributed by atoms with Crippen LogP contribution < -0.4 is 4.31 Å². The molecule has 2 aromatic carbocycles. The summed E-state index contributed by atoms with van der Waals surface area (Å²) in [6, 6.07) is 14.6. The second-order valence-electron chi connectivity index (χ2n) is 6.01. The van der Waals surface area contributed by atoms with Crippen molar-refractivity contribution < 1.29 is 18.0 Å². The lowest BCUT2D eigenvalue weighted by atomic mass is 10.1. The fraction of sp³-hybridized carbons (Fsp3) is 0.105. The highest BCUT2D eigenvalue weighted by Gasteiger charge is 2.36. The highest BCUT2D eigenvalue weighted by Crippen LogP contribution is 2.27. The number of fused-ring (bicyclic) bond motifs is 1. The van der Waals surface area contributed by atoms with Gasteiger partial charge < -0.3 is 0 Å². The standard InChI is InChI=1S/C19H15N3O4S2/c23-17-15-8-4-5-9-16(15)18(24)21(17)11-12-22(19-20-10-13-27-19)28(25,26)14-6-2-1-3-7-14/h1-10,13H,11-12H2. The smallest absolute Gasteiger partial charge is 0.266 e. The van der Waals surface area contributed by atoms with Crippen molar-refractivity contribution in [1.29, 1.82) is 0 Å². The minimum atomic E-state index is -3.89. The zero-order valence-electron chi connectivity index (χ0n) is 14.6. The van der Waals surface area contributed by atoms with Gasteiger partial charge in [0, 0.05) is 18.1 Å². The summed E-state index contributed by atoms with van der Waals surface area (Å²) >= 11 is 1.17. The molecule has 0 spiro atoms. The number of sulfonamides is 1. The van der Waals surface area contributed by atoms with Gasteiger partial charge >= 0.3 is 0 Å². The van der Waals surface area contributed by atoms with Gasteiger partial charge in [-0.3, -0.25) is 14.5 Å². The third kappa shape index (κ3) is 3.08. The molecule has 7 nitrogen and oxygen atoms in total. The van der Waals surface area contributed by atoms with Crippen LogP contribution in [0.25, 0.3) is 0 Å². The fourth-order valence-corrected chi connectivity index (χ4v) is 5.34. The number of aromatic nitrogens is 1. The Labute approximate surface area is 165 Å². The summed E-state index contributed by atoms with van der Waals surface area (Å²) in [5, 5.41) is 1.95. The minimum absolute atomic E-state index is 0.0714. The van der Waals surface area contributed by atoms with Gasteiger partial charge in [-0.15, -0.1) is 11.3 Å². The summed E-state index contributed by atoms with van der Waals surface area (Å²) in [6.07, 6.45) is 1.51. The molecule has 1 aliphatic rings. The number of carbonyl (C=O) groups is 2. The molecule has 4 rings (SSSR count). The number of amides is 2. The van der Waals surface area contributed by atoms with E-state index in [1.54, 1.807) is 47.8 Å². The number of nitrogens with zero attached hydrogens (tertiary/aromatic N) is 3. The predicted molar refractivity (Wildman–Crippen MR) is 105 cm³/mol. The molecule has 0 atom stereocenters. The van der Waals surface area contributed by atoms with Gasteiger partial charge in [0.15, 0.2) is 5.13 Å². The van der Waals surface area contributed by atoms with E-state index in [1.165, 1.54) is 29.7 Å². The summed E-state index contributed by atoms with van der Waals surface area (Å²) < 4.78 is 27.4. The molecule has 0 aliphatic carbocycles. The second-order valence-corrected chi connectivity index (χ2v) is 8.75. The number of rotatable bonds is 6. The molecule has 1 aliphatic heterocycles. The van der Waals surface area contributed by atoms with Crippen LogP contribution in [0.3, 0.4) is 0 Å². The molecule has 0 radical (unpaired) electrons. The Morgan fingerprint density at radius 2 is 1.54 bits per heavy atom. The van der Waals surface area contributed by atoms with E-state index in [4.69, 9.17) is 0 Å². The molecule has 9 heteroatoms. The first-order chi connectivity index (χ1) is 13.5. The SMILES string of the molecule is O=C1c2ccccc2C(=O)N1CCN(c1nccs1)S(=O)(=O)c1ccccc1. The molecule has 0 bridgehead atoms. The number of benzene rings is 2. The molecule has 0 saturated heterocycles. The lowest BCUT2D eigenvalue weighted by Gasteiger charge is -2.24. The van der Waals surface area contributed by atoms with Crippen LogP contribution >= 0.6 is 11.3 Å². The Morgan fingerprint density at radius 3 is 2.11 bits per heavy atom. The maximum atomic E-state index is 13.1. The Balaban J connectivity index is 1.62. The monoisotopic (exact) mass is 413 g/mol. The number of hydrogen-bond acceptors (Lipinski definition) is 6. The summed E-state index contributed by atoms with van der Waals surface area (Å²) in [7, 11) is -3.89. The minimum Gasteiger partial charge on any atom is -0.273 e. The molecular formula is C19H15N3O4S2. The Morgan fingerprint density at radius 1 is 0.929 bits per heavy atom. The van der Waals surface area contributed by atoms with Crippen molar-refractivity contribution in [3.63, 3.8) is 0 Å². The van der Waals surface area contributed by atoms with Gasteiger partial charge in [0.05, 0.1) is 22.6 Å². The van der Waals surface area contributed by atoms with Crippen molar-refractivity contribution in [3.8, 4) is 0 Å². The molecule has 0 saturated carbocycles. The van der Waals surface area contributed by atoms with Gasteiger partial charge in [0.2, 0.25) is 0 Å². The Bertz CT molecular complexity index is 1090. The highest BCUT2D eigenvalue weighted by molar-refractivity contribution is 7.93. The van der Waals surface area contributed by atoms with E-state index in [2.05, 4.69) is 4.98 Å². The third-order valence-corrected chi connectivity index (χ3v) is 7.08. The van der Waals surface area contributed by atoms with Crippen LogP contribution in [0.15, 0.2) is 71.1 Å². The summed E-state index contributed by atoms with van der Waals surface area (Å²) in [5.41, 5.74) is 0.665. The van der Waals surface area contributed by atoms with Crippen molar-refractivity contribution in [1.82, 2.24) is 9.88 Å². The zero-order valence-corrected chi connectivity index (χ0v) is 16.2. The molecule has 0 N–H and O–H groups in total. The van der Waals surface area contributed by atoms with Gasteiger partial charge in [-0.05, 0) is 24.3 Å². The van der Waals surface area contributed by atoms with Crippen molar-refractivity contribution in [3.05, 3.63) is 77.3 Å². The Hall–Kier alpha value is -3.04. The van der Waals surface area contributed by atoms with E-state index in [9.17, 15) is 18.0 Å². The van der Waals surface area contributed by atoms with Crippen LogP contribution in [-0.2, 0) is 10.0 Å². The topological polar surface area (TPSA) is 87.7 Å². The van der Waals surface area contributed by atoms with E-state index in [0.717, 1.165) is 9.21 Å². The molecular weight excluding hydrogens is 398 g/mol. The molecule has 3 aromatic rings. The molecule has 1 aromatic heterocycles. The maximum Gasteiger partial charge on any atom is 0.266 e. The highest BCUT2D eigenvalue weighted by atomic mass is 32.2. The van der Waals surface area contributed by atoms with Gasteiger partial charge in [-0.25, -0.2) is 17.7 Å². The van der Waals surface area contributed by atoms with E-state index in [-0.39, 0.29) is 23.1 Å². The average Bonchev–Trinajstić information content (AvgIpc) is 3.32. The van der Waals surface area contributed by atoms with Crippen molar-refractivity contribution in [2.75, 3.05) is 17.4 Å². The average molecular weight is 413 g/mol. The van der Waals surface area contributed by atoms with Crippen molar-refractivity contribution >= 4 is 38.3 Å². The second kappa shape index (κ2) is 7.17. The number of imide groups is 1. The normalized spacial score (nSPS) is 13.6. The number of carbonyl (C=O) groups excluding carboxylic acids is 2. The first-order valence-electron chi connectivity index (χ1n) is 8.42. The van der Waals surface area contributed by atoms with Crippen LogP contribution in [0.2, 0.25) is 0 Å². The molecule has 0 unspecified atom stereocenters. The summed E-state index contributed by atoms with van der Waals surface area (Å²) in [6.45, 7) is -0.159. The molecule has 2 heterocycles. The predicted octanol–water partition coefficient (Wildman–Crippen LogP) is 2.63. The fourth-order valence-electron chi connectivity index (χ4n) is 3.01. The van der Waals surface area contributed by atoms with Crippen molar-refractivity contribution in [2.24, 2.45) is 0 Å². The summed E-state index contributed by atoms with van der Waals surface area (Å²) in [4.78, 5) is 30.4. The van der Waals surface area contributed by atoms with Crippen LogP contribution in [-0.4, -0.2) is 43.2 Å². The molecule has 0 fully saturated rings. The van der Waals surface area contributed by atoms with Gasteiger partial charge in [0.1, 0.15) is 0 Å².